The number of rotatable bonds is 5. The number of nitrogens with zero attached hydrogens (tertiary/aromatic N) is 4. The number of amides is 1. The van der Waals surface area contributed by atoms with Crippen molar-refractivity contribution in [3.05, 3.63) is 42.4 Å². The number of nitrogens with two attached hydrogens (primary N) is 1. The molecule has 4 rings (SSSR count). The predicted molar refractivity (Wildman–Crippen MR) is 112 cm³/mol. The fourth-order valence-corrected chi connectivity index (χ4v) is 4.44. The third-order valence-electron chi connectivity index (χ3n) is 5.22. The van der Waals surface area contributed by atoms with Crippen LogP contribution in [0.3, 0.4) is 0 Å². The molecule has 0 bridgehead atoms. The van der Waals surface area contributed by atoms with Crippen LogP contribution in [0.25, 0.3) is 10.9 Å². The van der Waals surface area contributed by atoms with E-state index in [2.05, 4.69) is 20.5 Å². The molecule has 3 N–H and O–H groups in total. The molecule has 2 aromatic heterocycles. The summed E-state index contributed by atoms with van der Waals surface area (Å²) in [6, 6.07) is 9.50. The van der Waals surface area contributed by atoms with E-state index in [-0.39, 0.29) is 11.2 Å². The number of nitrogens with one attached hydrogen (secondary N) is 1. The van der Waals surface area contributed by atoms with E-state index in [1.165, 1.54) is 31.0 Å². The number of anilines is 1. The van der Waals surface area contributed by atoms with Crippen molar-refractivity contribution in [1.29, 1.82) is 0 Å². The summed E-state index contributed by atoms with van der Waals surface area (Å²) in [5.41, 5.74) is 1.60. The molecule has 0 radical (unpaired) electrons. The van der Waals surface area contributed by atoms with Crippen molar-refractivity contribution >= 4 is 34.3 Å². The van der Waals surface area contributed by atoms with Gasteiger partial charge >= 0.3 is 0 Å². The number of aromatic nitrogens is 4. The number of hydrogen-bond donors (Lipinski definition) is 2. The zero-order valence-corrected chi connectivity index (χ0v) is 16.7. The lowest BCUT2D eigenvalue weighted by atomic mass is 9.89. The Morgan fingerprint density at radius 3 is 2.86 bits per heavy atom. The van der Waals surface area contributed by atoms with Gasteiger partial charge in [0.05, 0.1) is 16.5 Å². The summed E-state index contributed by atoms with van der Waals surface area (Å²) in [6.07, 6.45) is 7.63. The highest BCUT2D eigenvalue weighted by atomic mass is 32.2. The van der Waals surface area contributed by atoms with Crippen LogP contribution in [-0.4, -0.2) is 31.0 Å². The summed E-state index contributed by atoms with van der Waals surface area (Å²) in [6.45, 7) is 1.85. The molecule has 1 saturated carbocycles. The van der Waals surface area contributed by atoms with Crippen molar-refractivity contribution in [2.75, 3.05) is 11.2 Å². The fraction of sp³-hybridized carbons (Fsp3) is 0.400. The van der Waals surface area contributed by atoms with Gasteiger partial charge in [-0.2, -0.15) is 0 Å². The largest absolute Gasteiger partial charge is 0.336 e. The van der Waals surface area contributed by atoms with Gasteiger partial charge in [-0.25, -0.2) is 4.68 Å². The lowest BCUT2D eigenvalue weighted by molar-refractivity contribution is -0.115. The molecule has 2 heterocycles. The molecule has 1 aliphatic rings. The third kappa shape index (κ3) is 3.82. The first-order chi connectivity index (χ1) is 13.6. The zero-order valence-electron chi connectivity index (χ0n) is 15.8. The normalized spacial score (nSPS) is 16.2. The number of carbonyl (C=O) groups excluding carboxylic acids is 1. The second-order valence-electron chi connectivity index (χ2n) is 7.17. The lowest BCUT2D eigenvalue weighted by Crippen LogP contribution is -2.24. The number of nitrogen functional groups attached to an aromatic ring is 1. The number of fused-ring (bicyclic) bond motifs is 1. The number of carbonyl (C=O) groups is 1. The van der Waals surface area contributed by atoms with Gasteiger partial charge in [0, 0.05) is 17.5 Å². The van der Waals surface area contributed by atoms with Gasteiger partial charge in [0.2, 0.25) is 11.1 Å². The van der Waals surface area contributed by atoms with Gasteiger partial charge in [0.25, 0.3) is 0 Å². The fourth-order valence-electron chi connectivity index (χ4n) is 3.67. The Bertz CT molecular complexity index is 976. The summed E-state index contributed by atoms with van der Waals surface area (Å²) < 4.78 is 1.56. The second kappa shape index (κ2) is 8.18. The van der Waals surface area contributed by atoms with Crippen LogP contribution in [0.4, 0.5) is 5.69 Å². The lowest BCUT2D eigenvalue weighted by Gasteiger charge is -2.20. The molecule has 3 aromatic rings. The average molecular weight is 397 g/mol. The van der Waals surface area contributed by atoms with E-state index in [4.69, 9.17) is 5.84 Å². The van der Waals surface area contributed by atoms with Crippen LogP contribution >= 0.6 is 11.8 Å². The third-order valence-corrected chi connectivity index (χ3v) is 6.27. The van der Waals surface area contributed by atoms with Crippen LogP contribution in [0, 0.1) is 0 Å². The van der Waals surface area contributed by atoms with Crippen molar-refractivity contribution in [2.24, 2.45) is 0 Å². The Balaban J connectivity index is 1.45. The first-order valence-electron chi connectivity index (χ1n) is 9.65. The van der Waals surface area contributed by atoms with Gasteiger partial charge in [0.15, 0.2) is 5.82 Å². The molecule has 1 aliphatic carbocycles. The van der Waals surface area contributed by atoms with Crippen molar-refractivity contribution in [2.45, 2.75) is 55.4 Å². The van der Waals surface area contributed by atoms with E-state index in [9.17, 15) is 4.79 Å². The molecule has 0 aliphatic heterocycles. The molecule has 7 nitrogen and oxygen atoms in total. The topological polar surface area (TPSA) is 98.7 Å². The van der Waals surface area contributed by atoms with E-state index in [0.29, 0.717) is 11.1 Å². The van der Waals surface area contributed by atoms with E-state index in [0.717, 1.165) is 35.3 Å². The number of thioether (sulfide) groups is 1. The van der Waals surface area contributed by atoms with Crippen molar-refractivity contribution in [3.63, 3.8) is 0 Å². The maximum atomic E-state index is 12.7. The Kier molecular flexibility index (Phi) is 5.47. The highest BCUT2D eigenvalue weighted by Gasteiger charge is 2.25. The van der Waals surface area contributed by atoms with Gasteiger partial charge in [0.1, 0.15) is 0 Å². The number of pyridine rings is 1. The van der Waals surface area contributed by atoms with Crippen molar-refractivity contribution in [1.82, 2.24) is 19.9 Å². The Labute approximate surface area is 168 Å². The summed E-state index contributed by atoms with van der Waals surface area (Å²) in [5.74, 6) is 7.33. The van der Waals surface area contributed by atoms with Crippen LogP contribution in [0.5, 0.6) is 0 Å². The van der Waals surface area contributed by atoms with Crippen LogP contribution in [0.15, 0.2) is 41.7 Å². The van der Waals surface area contributed by atoms with E-state index >= 15 is 0 Å². The van der Waals surface area contributed by atoms with Crippen LogP contribution in [0.1, 0.15) is 50.8 Å². The highest BCUT2D eigenvalue weighted by molar-refractivity contribution is 8.00. The molecule has 0 spiro atoms. The number of hydrogen-bond acceptors (Lipinski definition) is 6. The molecule has 1 atom stereocenters. The average Bonchev–Trinajstić information content (AvgIpc) is 3.09. The molecule has 146 valence electrons. The predicted octanol–water partition coefficient (Wildman–Crippen LogP) is 3.71. The number of benzene rings is 1. The molecule has 1 aromatic carbocycles. The van der Waals surface area contributed by atoms with Crippen LogP contribution in [0.2, 0.25) is 0 Å². The molecule has 0 saturated heterocycles. The maximum Gasteiger partial charge on any atom is 0.237 e. The van der Waals surface area contributed by atoms with E-state index in [1.807, 2.05) is 37.3 Å². The maximum absolute atomic E-state index is 12.7. The molecule has 8 heteroatoms. The molecular formula is C20H24N6OS. The van der Waals surface area contributed by atoms with Gasteiger partial charge in [-0.3, -0.25) is 9.78 Å². The molecular weight excluding hydrogens is 372 g/mol. The van der Waals surface area contributed by atoms with Crippen molar-refractivity contribution in [3.8, 4) is 0 Å². The Morgan fingerprint density at radius 2 is 2.04 bits per heavy atom. The Hall–Kier alpha value is -2.61. The molecule has 1 fully saturated rings. The van der Waals surface area contributed by atoms with Crippen LogP contribution in [-0.2, 0) is 4.79 Å². The monoisotopic (exact) mass is 396 g/mol. The van der Waals surface area contributed by atoms with Crippen molar-refractivity contribution < 1.29 is 4.79 Å². The Morgan fingerprint density at radius 1 is 1.21 bits per heavy atom. The minimum Gasteiger partial charge on any atom is -0.336 e. The summed E-state index contributed by atoms with van der Waals surface area (Å²) >= 11 is 1.32. The summed E-state index contributed by atoms with van der Waals surface area (Å²) in [4.78, 5) is 17.1. The minimum atomic E-state index is -0.363. The quantitative estimate of drug-likeness (QED) is 0.504. The first-order valence-corrected chi connectivity index (χ1v) is 10.5. The first kappa shape index (κ1) is 18.7. The standard InChI is InChI=1S/C20H24N6OS/c1-13(19(27)23-17-11-5-10-16-15(17)9-6-12-22-16)28-20-25-24-18(26(20)21)14-7-3-2-4-8-14/h5-6,9-14H,2-4,7-8,21H2,1H3,(H,23,27). The molecule has 1 unspecified atom stereocenters. The summed E-state index contributed by atoms with van der Waals surface area (Å²) in [7, 11) is 0. The smallest absolute Gasteiger partial charge is 0.237 e. The zero-order chi connectivity index (χ0) is 19.5. The molecule has 28 heavy (non-hydrogen) atoms. The minimum absolute atomic E-state index is 0.108. The van der Waals surface area contributed by atoms with Gasteiger partial charge in [-0.1, -0.05) is 37.1 Å². The molecule has 1 amide bonds. The van der Waals surface area contributed by atoms with Gasteiger partial charge in [-0.05, 0) is 44.0 Å². The van der Waals surface area contributed by atoms with E-state index < -0.39 is 0 Å². The van der Waals surface area contributed by atoms with Crippen LogP contribution < -0.4 is 11.2 Å². The highest BCUT2D eigenvalue weighted by Crippen LogP contribution is 2.33. The SMILES string of the molecule is CC(Sc1nnc(C2CCCCC2)n1N)C(=O)Nc1cccc2ncccc12. The second-order valence-corrected chi connectivity index (χ2v) is 8.48. The van der Waals surface area contributed by atoms with Gasteiger partial charge < -0.3 is 11.2 Å². The van der Waals surface area contributed by atoms with E-state index in [1.54, 1.807) is 10.9 Å². The van der Waals surface area contributed by atoms with Gasteiger partial charge in [-0.15, -0.1) is 10.2 Å². The summed E-state index contributed by atoms with van der Waals surface area (Å²) in [5, 5.41) is 12.7.